The molecule has 270 valence electrons. The van der Waals surface area contributed by atoms with Crippen molar-refractivity contribution in [3.05, 3.63) is 11.6 Å². The van der Waals surface area contributed by atoms with Gasteiger partial charge in [-0.3, -0.25) is 9.59 Å². The maximum absolute atomic E-state index is 13.1. The average Bonchev–Trinajstić information content (AvgIpc) is 3.02. The quantitative estimate of drug-likeness (QED) is 0.159. The molecule has 4 saturated carbocycles. The molecular weight excluding hydrogens is 620 g/mol. The number of carboxylic acid groups (broad SMARTS) is 2. The van der Waals surface area contributed by atoms with Gasteiger partial charge in [0.1, 0.15) is 18.3 Å². The summed E-state index contributed by atoms with van der Waals surface area (Å²) in [5, 5.41) is 51.5. The van der Waals surface area contributed by atoms with Crippen LogP contribution in [0.1, 0.15) is 106 Å². The van der Waals surface area contributed by atoms with Crippen LogP contribution in [0.25, 0.3) is 0 Å². The Hall–Kier alpha value is -2.05. The fourth-order valence-electron chi connectivity index (χ4n) is 12.4. The van der Waals surface area contributed by atoms with Gasteiger partial charge < -0.3 is 39.7 Å². The summed E-state index contributed by atoms with van der Waals surface area (Å²) in [5.41, 5.74) is -1.19. The minimum absolute atomic E-state index is 0.0822. The number of hydrogen-bond donors (Lipinski definition) is 5. The van der Waals surface area contributed by atoms with Crippen molar-refractivity contribution in [3.8, 4) is 0 Å². The average molecular weight is 677 g/mol. The third-order valence-corrected chi connectivity index (χ3v) is 15.6. The highest BCUT2D eigenvalue weighted by Gasteiger charge is 2.70. The smallest absolute Gasteiger partial charge is 0.335 e. The van der Waals surface area contributed by atoms with Crippen molar-refractivity contribution in [2.75, 3.05) is 7.11 Å². The molecule has 0 bridgehead atoms. The normalized spacial score (nSPS) is 51.2. The molecule has 1 aliphatic heterocycles. The number of carbonyl (C=O) groups excluding carboxylic acids is 1. The van der Waals surface area contributed by atoms with Crippen LogP contribution in [0.4, 0.5) is 0 Å². The number of rotatable bonds is 5. The molecule has 5 N–H and O–H groups in total. The predicted octanol–water partition coefficient (Wildman–Crippen LogP) is 4.30. The third-order valence-electron chi connectivity index (χ3n) is 15.6. The van der Waals surface area contributed by atoms with Gasteiger partial charge in [0.2, 0.25) is 0 Å². The SMILES string of the molecule is COC(=O)[C@]1(C)CC[C@]2(C(=O)O)CC[C@]3(C)C(=CC[C@@H]4[C@@]5(C)CC[C@H](O[C@@H]6O[C@H](C(=O)O)[C@@H](O)[C@H](O)[C@H]6O)C(C)(C)[C@@H]5CC[C@]43C)[C@@H]2C1. The summed E-state index contributed by atoms with van der Waals surface area (Å²) >= 11 is 0. The summed E-state index contributed by atoms with van der Waals surface area (Å²) < 4.78 is 17.1. The number of fused-ring (bicyclic) bond motifs is 7. The van der Waals surface area contributed by atoms with E-state index in [0.717, 1.165) is 32.1 Å². The second-order valence-electron chi connectivity index (χ2n) is 17.8. The third kappa shape index (κ3) is 4.73. The van der Waals surface area contributed by atoms with Crippen LogP contribution < -0.4 is 0 Å². The number of ether oxygens (including phenoxy) is 3. The molecule has 0 radical (unpaired) electrons. The number of esters is 1. The first-order chi connectivity index (χ1) is 22.2. The molecule has 14 atom stereocenters. The van der Waals surface area contributed by atoms with E-state index >= 15 is 0 Å². The van der Waals surface area contributed by atoms with Gasteiger partial charge in [-0.2, -0.15) is 0 Å². The van der Waals surface area contributed by atoms with Crippen molar-refractivity contribution < 1.29 is 54.1 Å². The zero-order chi connectivity index (χ0) is 35.4. The lowest BCUT2D eigenvalue weighted by Gasteiger charge is -2.71. The van der Waals surface area contributed by atoms with Gasteiger partial charge in [0.05, 0.1) is 24.0 Å². The lowest BCUT2D eigenvalue weighted by molar-refractivity contribution is -0.324. The predicted molar refractivity (Wildman–Crippen MR) is 172 cm³/mol. The van der Waals surface area contributed by atoms with Crippen molar-refractivity contribution >= 4 is 17.9 Å². The Bertz CT molecular complexity index is 1380. The van der Waals surface area contributed by atoms with Crippen molar-refractivity contribution in [2.24, 2.45) is 50.2 Å². The van der Waals surface area contributed by atoms with Gasteiger partial charge in [0.15, 0.2) is 12.4 Å². The van der Waals surface area contributed by atoms with E-state index in [4.69, 9.17) is 14.2 Å². The zero-order valence-electron chi connectivity index (χ0n) is 29.5. The van der Waals surface area contributed by atoms with E-state index < -0.39 is 58.9 Å². The van der Waals surface area contributed by atoms with Gasteiger partial charge in [-0.1, -0.05) is 46.3 Å². The standard InChI is InChI=1S/C37H56O11/c1-32(2)21-10-13-36(6)22(34(21,4)12-11-23(32)47-29-26(40)24(38)25(39)27(48-29)28(41)42)9-8-19-20-18-33(3,31(45)46-7)14-16-37(20,30(43)44)17-15-35(19,36)5/h8,20-27,29,38-40H,9-18H2,1-7H3,(H,41,42)(H,43,44)/t20-,21-,22+,23-,24-,25-,26+,27-,29+,33+,34-,35+,36+,37-/m0/s1. The van der Waals surface area contributed by atoms with Gasteiger partial charge >= 0.3 is 17.9 Å². The van der Waals surface area contributed by atoms with E-state index in [-0.39, 0.29) is 40.2 Å². The van der Waals surface area contributed by atoms with Crippen LogP contribution in [0.5, 0.6) is 0 Å². The fourth-order valence-corrected chi connectivity index (χ4v) is 12.4. The zero-order valence-corrected chi connectivity index (χ0v) is 29.5. The molecule has 11 heteroatoms. The Morgan fingerprint density at radius 1 is 0.833 bits per heavy atom. The molecule has 0 amide bonds. The second-order valence-corrected chi connectivity index (χ2v) is 17.8. The van der Waals surface area contributed by atoms with Crippen LogP contribution in [0.15, 0.2) is 11.6 Å². The molecule has 0 aromatic carbocycles. The van der Waals surface area contributed by atoms with E-state index in [1.165, 1.54) is 12.7 Å². The summed E-state index contributed by atoms with van der Waals surface area (Å²) in [6.07, 6.45) is 0.758. The lowest BCUT2D eigenvalue weighted by atomic mass is 9.33. The first kappa shape index (κ1) is 35.8. The fraction of sp³-hybridized carbons (Fsp3) is 0.865. The second kappa shape index (κ2) is 11.5. The number of aliphatic hydroxyl groups is 3. The Kier molecular flexibility index (Phi) is 8.56. The maximum Gasteiger partial charge on any atom is 0.335 e. The molecule has 5 fully saturated rings. The van der Waals surface area contributed by atoms with E-state index in [1.54, 1.807) is 0 Å². The minimum atomic E-state index is -1.77. The first-order valence-electron chi connectivity index (χ1n) is 17.8. The van der Waals surface area contributed by atoms with Crippen LogP contribution in [0, 0.1) is 50.2 Å². The van der Waals surface area contributed by atoms with Crippen LogP contribution in [-0.4, -0.2) is 87.4 Å². The highest BCUT2D eigenvalue weighted by atomic mass is 16.7. The van der Waals surface area contributed by atoms with Crippen molar-refractivity contribution in [1.29, 1.82) is 0 Å². The van der Waals surface area contributed by atoms with Crippen LogP contribution >= 0.6 is 0 Å². The molecule has 0 aromatic heterocycles. The summed E-state index contributed by atoms with van der Waals surface area (Å²) in [6, 6.07) is 0. The number of hydrogen-bond acceptors (Lipinski definition) is 9. The summed E-state index contributed by atoms with van der Waals surface area (Å²) in [6.45, 7) is 13.4. The minimum Gasteiger partial charge on any atom is -0.481 e. The molecular formula is C37H56O11. The largest absolute Gasteiger partial charge is 0.481 e. The Balaban J connectivity index is 1.30. The molecule has 6 aliphatic rings. The number of methoxy groups -OCH3 is 1. The molecule has 1 heterocycles. The Morgan fingerprint density at radius 3 is 2.12 bits per heavy atom. The molecule has 11 nitrogen and oxygen atoms in total. The van der Waals surface area contributed by atoms with E-state index in [1.807, 2.05) is 6.92 Å². The summed E-state index contributed by atoms with van der Waals surface area (Å²) in [7, 11) is 1.41. The number of carboxylic acids is 2. The van der Waals surface area contributed by atoms with Gasteiger partial charge in [-0.25, -0.2) is 4.79 Å². The molecule has 0 unspecified atom stereocenters. The first-order valence-corrected chi connectivity index (χ1v) is 17.8. The molecule has 6 rings (SSSR count). The van der Waals surface area contributed by atoms with Gasteiger partial charge in [0.25, 0.3) is 0 Å². The van der Waals surface area contributed by atoms with Crippen LogP contribution in [0.2, 0.25) is 0 Å². The molecule has 0 aromatic rings. The van der Waals surface area contributed by atoms with Crippen LogP contribution in [-0.2, 0) is 28.6 Å². The summed E-state index contributed by atoms with van der Waals surface area (Å²) in [4.78, 5) is 37.8. The van der Waals surface area contributed by atoms with Gasteiger partial charge in [-0.05, 0) is 111 Å². The van der Waals surface area contributed by atoms with Crippen molar-refractivity contribution in [1.82, 2.24) is 0 Å². The molecule has 0 spiro atoms. The molecule has 1 saturated heterocycles. The van der Waals surface area contributed by atoms with Crippen molar-refractivity contribution in [2.45, 2.75) is 143 Å². The van der Waals surface area contributed by atoms with Crippen molar-refractivity contribution in [3.63, 3.8) is 0 Å². The number of carbonyl (C=O) groups is 3. The van der Waals surface area contributed by atoms with Gasteiger partial charge in [-0.15, -0.1) is 0 Å². The Labute approximate surface area is 283 Å². The lowest BCUT2D eigenvalue weighted by Crippen LogP contribution is -2.66. The van der Waals surface area contributed by atoms with E-state index in [9.17, 15) is 39.9 Å². The van der Waals surface area contributed by atoms with E-state index in [2.05, 4.69) is 40.7 Å². The monoisotopic (exact) mass is 676 g/mol. The van der Waals surface area contributed by atoms with Gasteiger partial charge in [0, 0.05) is 0 Å². The van der Waals surface area contributed by atoms with E-state index in [0.29, 0.717) is 38.0 Å². The highest BCUT2D eigenvalue weighted by Crippen LogP contribution is 2.76. The van der Waals surface area contributed by atoms with Crippen LogP contribution in [0.3, 0.4) is 0 Å². The molecule has 48 heavy (non-hydrogen) atoms. The topological polar surface area (TPSA) is 180 Å². The number of allylic oxidation sites excluding steroid dienone is 2. The molecule has 5 aliphatic carbocycles. The highest BCUT2D eigenvalue weighted by molar-refractivity contribution is 5.80. The Morgan fingerprint density at radius 2 is 1.50 bits per heavy atom. The number of aliphatic hydroxyl groups excluding tert-OH is 3. The maximum atomic E-state index is 13.1. The summed E-state index contributed by atoms with van der Waals surface area (Å²) in [5.74, 6) is -2.15. The number of aliphatic carboxylic acids is 2.